The van der Waals surface area contributed by atoms with E-state index in [1.54, 1.807) is 13.8 Å². The van der Waals surface area contributed by atoms with Crippen molar-refractivity contribution >= 4 is 17.9 Å². The maximum Gasteiger partial charge on any atom is 0.328 e. The second-order valence-electron chi connectivity index (χ2n) is 5.09. The van der Waals surface area contributed by atoms with Gasteiger partial charge in [-0.25, -0.2) is 9.59 Å². The van der Waals surface area contributed by atoms with Gasteiger partial charge in [0, 0.05) is 6.08 Å². The zero-order chi connectivity index (χ0) is 14.6. The van der Waals surface area contributed by atoms with E-state index in [1.807, 2.05) is 6.92 Å². The monoisotopic (exact) mass is 268 g/mol. The van der Waals surface area contributed by atoms with Crippen molar-refractivity contribution in [3.8, 4) is 0 Å². The number of nitrogens with zero attached hydrogens (tertiary/aromatic N) is 1. The van der Waals surface area contributed by atoms with Crippen LogP contribution in [0.4, 0.5) is 4.79 Å². The number of aliphatic carboxylic acids is 1. The molecule has 1 atom stereocenters. The van der Waals surface area contributed by atoms with Crippen LogP contribution < -0.4 is 5.32 Å². The Hall–Kier alpha value is -1.85. The van der Waals surface area contributed by atoms with Gasteiger partial charge in [0.2, 0.25) is 0 Å². The largest absolute Gasteiger partial charge is 0.478 e. The van der Waals surface area contributed by atoms with Gasteiger partial charge in [-0.3, -0.25) is 9.69 Å². The van der Waals surface area contributed by atoms with Crippen molar-refractivity contribution in [1.29, 1.82) is 0 Å². The number of amides is 3. The Morgan fingerprint density at radius 2 is 2.11 bits per heavy atom. The minimum Gasteiger partial charge on any atom is -0.478 e. The van der Waals surface area contributed by atoms with Crippen molar-refractivity contribution in [3.05, 3.63) is 11.6 Å². The fraction of sp³-hybridized carbons (Fsp3) is 0.615. The molecule has 1 aliphatic rings. The molecule has 0 spiro atoms. The molecule has 0 radical (unpaired) electrons. The molecule has 1 unspecified atom stereocenters. The Balaban J connectivity index is 2.79. The molecular formula is C13H20N2O4. The molecule has 106 valence electrons. The van der Waals surface area contributed by atoms with Gasteiger partial charge in [0.05, 0.1) is 6.54 Å². The normalized spacial score (nSPS) is 23.7. The zero-order valence-electron chi connectivity index (χ0n) is 11.5. The number of carboxylic acids is 1. The quantitative estimate of drug-likeness (QED) is 0.565. The van der Waals surface area contributed by atoms with Crippen molar-refractivity contribution in [1.82, 2.24) is 10.2 Å². The summed E-state index contributed by atoms with van der Waals surface area (Å²) in [4.78, 5) is 35.6. The first-order valence-corrected chi connectivity index (χ1v) is 6.34. The van der Waals surface area contributed by atoms with E-state index in [0.717, 1.165) is 23.8 Å². The van der Waals surface area contributed by atoms with E-state index >= 15 is 0 Å². The summed E-state index contributed by atoms with van der Waals surface area (Å²) < 4.78 is 0. The van der Waals surface area contributed by atoms with Crippen molar-refractivity contribution in [2.45, 2.75) is 45.6 Å². The number of unbranched alkanes of at least 4 members (excludes halogenated alkanes) is 1. The van der Waals surface area contributed by atoms with E-state index in [9.17, 15) is 14.4 Å². The van der Waals surface area contributed by atoms with Crippen molar-refractivity contribution in [3.63, 3.8) is 0 Å². The van der Waals surface area contributed by atoms with Gasteiger partial charge in [0.15, 0.2) is 0 Å². The molecule has 0 aliphatic carbocycles. The van der Waals surface area contributed by atoms with E-state index < -0.39 is 17.5 Å². The van der Waals surface area contributed by atoms with Crippen molar-refractivity contribution in [2.75, 3.05) is 6.54 Å². The number of carbonyl (C=O) groups excluding carboxylic acids is 2. The minimum atomic E-state index is -1.08. The van der Waals surface area contributed by atoms with Gasteiger partial charge in [-0.05, 0) is 25.8 Å². The molecule has 0 saturated carbocycles. The van der Waals surface area contributed by atoms with E-state index in [4.69, 9.17) is 5.11 Å². The molecule has 0 aromatic heterocycles. The highest BCUT2D eigenvalue weighted by Crippen LogP contribution is 2.24. The van der Waals surface area contributed by atoms with Gasteiger partial charge in [0.1, 0.15) is 5.54 Å². The minimum absolute atomic E-state index is 0.0126. The first-order valence-electron chi connectivity index (χ1n) is 6.34. The average Bonchev–Trinajstić information content (AvgIpc) is 2.50. The lowest BCUT2D eigenvalue weighted by Gasteiger charge is -2.21. The summed E-state index contributed by atoms with van der Waals surface area (Å²) in [5, 5.41) is 11.3. The molecule has 6 nitrogen and oxygen atoms in total. The molecule has 0 aromatic rings. The number of hydrogen-bond acceptors (Lipinski definition) is 3. The number of hydrogen-bond donors (Lipinski definition) is 2. The molecule has 1 heterocycles. The van der Waals surface area contributed by atoms with Crippen LogP contribution in [0.5, 0.6) is 0 Å². The fourth-order valence-electron chi connectivity index (χ4n) is 2.10. The van der Waals surface area contributed by atoms with Crippen molar-refractivity contribution in [2.24, 2.45) is 0 Å². The second-order valence-corrected chi connectivity index (χ2v) is 5.09. The first-order chi connectivity index (χ1) is 8.80. The summed E-state index contributed by atoms with van der Waals surface area (Å²) in [5.74, 6) is -1.37. The Labute approximate surface area is 112 Å². The number of rotatable bonds is 6. The van der Waals surface area contributed by atoms with Gasteiger partial charge in [-0.2, -0.15) is 0 Å². The number of nitrogens with one attached hydrogen (secondary N) is 1. The van der Waals surface area contributed by atoms with Gasteiger partial charge in [0.25, 0.3) is 5.91 Å². The third-order valence-corrected chi connectivity index (χ3v) is 3.15. The van der Waals surface area contributed by atoms with Gasteiger partial charge < -0.3 is 10.4 Å². The highest BCUT2D eigenvalue weighted by Gasteiger charge is 2.46. The summed E-state index contributed by atoms with van der Waals surface area (Å²) in [7, 11) is 0. The molecule has 0 aromatic carbocycles. The fourth-order valence-corrected chi connectivity index (χ4v) is 2.10. The molecule has 6 heteroatoms. The lowest BCUT2D eigenvalue weighted by molar-refractivity contribution is -0.132. The van der Waals surface area contributed by atoms with E-state index in [-0.39, 0.29) is 12.5 Å². The number of carboxylic acid groups (broad SMARTS) is 1. The lowest BCUT2D eigenvalue weighted by Crippen LogP contribution is -2.43. The summed E-state index contributed by atoms with van der Waals surface area (Å²) in [6.07, 6.45) is 3.38. The van der Waals surface area contributed by atoms with Gasteiger partial charge in [-0.15, -0.1) is 0 Å². The predicted octanol–water partition coefficient (Wildman–Crippen LogP) is 1.52. The lowest BCUT2D eigenvalue weighted by atomic mass is 9.95. The molecule has 1 saturated heterocycles. The molecule has 1 aliphatic heterocycles. The van der Waals surface area contributed by atoms with E-state index in [0.29, 0.717) is 12.0 Å². The van der Waals surface area contributed by atoms with Crippen LogP contribution in [-0.2, 0) is 9.59 Å². The first kappa shape index (κ1) is 15.2. The molecule has 1 rings (SSSR count). The average molecular weight is 268 g/mol. The summed E-state index contributed by atoms with van der Waals surface area (Å²) in [6, 6.07) is -0.457. The molecule has 2 N–H and O–H groups in total. The number of urea groups is 1. The third kappa shape index (κ3) is 3.56. The maximum absolute atomic E-state index is 12.2. The van der Waals surface area contributed by atoms with E-state index in [1.165, 1.54) is 0 Å². The highest BCUT2D eigenvalue weighted by atomic mass is 16.4. The predicted molar refractivity (Wildman–Crippen MR) is 69.6 cm³/mol. The summed E-state index contributed by atoms with van der Waals surface area (Å²) in [5.41, 5.74) is -0.410. The van der Waals surface area contributed by atoms with E-state index in [2.05, 4.69) is 5.32 Å². The second kappa shape index (κ2) is 5.86. The smallest absolute Gasteiger partial charge is 0.328 e. The maximum atomic E-state index is 12.2. The van der Waals surface area contributed by atoms with Crippen LogP contribution >= 0.6 is 0 Å². The Morgan fingerprint density at radius 3 is 2.63 bits per heavy atom. The SMILES string of the molecule is CCCCC1(C)NC(=O)N(CC(C)=CC(=O)O)C1=O. The Bertz CT molecular complexity index is 430. The third-order valence-electron chi connectivity index (χ3n) is 3.15. The number of imide groups is 1. The standard InChI is InChI=1S/C13H20N2O4/c1-4-5-6-13(3)11(18)15(12(19)14-13)8-9(2)7-10(16)17/h7H,4-6,8H2,1-3H3,(H,14,19)(H,16,17). The van der Waals surface area contributed by atoms with Crippen molar-refractivity contribution < 1.29 is 19.5 Å². The molecule has 0 bridgehead atoms. The zero-order valence-corrected chi connectivity index (χ0v) is 11.5. The van der Waals surface area contributed by atoms with Crippen LogP contribution in [0.25, 0.3) is 0 Å². The summed E-state index contributed by atoms with van der Waals surface area (Å²) in [6.45, 7) is 5.32. The topological polar surface area (TPSA) is 86.7 Å². The van der Waals surface area contributed by atoms with Crippen LogP contribution in [0.2, 0.25) is 0 Å². The summed E-state index contributed by atoms with van der Waals surface area (Å²) >= 11 is 0. The van der Waals surface area contributed by atoms with Gasteiger partial charge in [-0.1, -0.05) is 19.8 Å². The van der Waals surface area contributed by atoms with Gasteiger partial charge >= 0.3 is 12.0 Å². The van der Waals surface area contributed by atoms with Crippen LogP contribution in [0.1, 0.15) is 40.0 Å². The van der Waals surface area contributed by atoms with Crippen LogP contribution in [0.15, 0.2) is 11.6 Å². The van der Waals surface area contributed by atoms with Crippen LogP contribution in [-0.4, -0.2) is 40.0 Å². The molecular weight excluding hydrogens is 248 g/mol. The Kier molecular flexibility index (Phi) is 4.69. The molecule has 3 amide bonds. The number of carbonyl (C=O) groups is 3. The van der Waals surface area contributed by atoms with Crippen LogP contribution in [0, 0.1) is 0 Å². The van der Waals surface area contributed by atoms with Crippen LogP contribution in [0.3, 0.4) is 0 Å². The molecule has 1 fully saturated rings. The Morgan fingerprint density at radius 1 is 1.47 bits per heavy atom. The molecule has 19 heavy (non-hydrogen) atoms. The highest BCUT2D eigenvalue weighted by molar-refractivity contribution is 6.07.